The molecule has 0 bridgehead atoms. The molecule has 0 aliphatic carbocycles. The Bertz CT molecular complexity index is 782. The van der Waals surface area contributed by atoms with Crippen LogP contribution < -0.4 is 5.73 Å². The fourth-order valence-electron chi connectivity index (χ4n) is 1.86. The monoisotopic (exact) mass is 256 g/mol. The van der Waals surface area contributed by atoms with Crippen molar-refractivity contribution in [2.24, 2.45) is 0 Å². The molecule has 0 saturated heterocycles. The van der Waals surface area contributed by atoms with Gasteiger partial charge in [0.25, 0.3) is 0 Å². The maximum atomic E-state index is 11.1. The summed E-state index contributed by atoms with van der Waals surface area (Å²) in [6.07, 6.45) is 2.66. The molecule has 0 spiro atoms. The molecule has 0 aliphatic heterocycles. The van der Waals surface area contributed by atoms with Crippen LogP contribution in [0, 0.1) is 10.1 Å². The molecule has 8 nitrogen and oxygen atoms in total. The fourth-order valence-corrected chi connectivity index (χ4v) is 1.86. The third kappa shape index (κ3) is 1.66. The van der Waals surface area contributed by atoms with E-state index >= 15 is 0 Å². The van der Waals surface area contributed by atoms with E-state index < -0.39 is 4.92 Å². The molecule has 0 radical (unpaired) electrons. The van der Waals surface area contributed by atoms with Crippen molar-refractivity contribution in [3.8, 4) is 5.82 Å². The number of aromatic nitrogens is 4. The van der Waals surface area contributed by atoms with Gasteiger partial charge in [-0.15, -0.1) is 0 Å². The van der Waals surface area contributed by atoms with Crippen LogP contribution in [0.3, 0.4) is 0 Å². The van der Waals surface area contributed by atoms with Crippen molar-refractivity contribution in [3.63, 3.8) is 0 Å². The van der Waals surface area contributed by atoms with Gasteiger partial charge in [0, 0.05) is 0 Å². The zero-order chi connectivity index (χ0) is 13.4. The highest BCUT2D eigenvalue weighted by Crippen LogP contribution is 2.27. The lowest BCUT2D eigenvalue weighted by Crippen LogP contribution is -2.06. The van der Waals surface area contributed by atoms with Crippen LogP contribution in [0.5, 0.6) is 0 Å². The second-order valence-electron chi connectivity index (χ2n) is 3.79. The molecule has 0 atom stereocenters. The van der Waals surface area contributed by atoms with E-state index in [1.807, 2.05) is 18.2 Å². The summed E-state index contributed by atoms with van der Waals surface area (Å²) in [4.78, 5) is 22.2. The first-order valence-electron chi connectivity index (χ1n) is 5.36. The zero-order valence-electron chi connectivity index (χ0n) is 9.59. The van der Waals surface area contributed by atoms with Crippen molar-refractivity contribution < 1.29 is 4.92 Å². The maximum absolute atomic E-state index is 11.1. The van der Waals surface area contributed by atoms with Crippen LogP contribution >= 0.6 is 0 Å². The molecule has 0 fully saturated rings. The second-order valence-corrected chi connectivity index (χ2v) is 3.79. The highest BCUT2D eigenvalue weighted by molar-refractivity contribution is 5.78. The predicted octanol–water partition coefficient (Wildman–Crippen LogP) is 1.31. The third-order valence-electron chi connectivity index (χ3n) is 2.70. The van der Waals surface area contributed by atoms with Crippen molar-refractivity contribution in [1.82, 2.24) is 19.5 Å². The Morgan fingerprint density at radius 1 is 1.21 bits per heavy atom. The van der Waals surface area contributed by atoms with Gasteiger partial charge >= 0.3 is 5.69 Å². The lowest BCUT2D eigenvalue weighted by Gasteiger charge is -2.04. The number of nitrogens with two attached hydrogens (primary N) is 1. The molecular weight excluding hydrogens is 248 g/mol. The number of para-hydroxylation sites is 2. The molecular formula is C11H8N6O2. The minimum atomic E-state index is -0.598. The molecule has 8 heteroatoms. The van der Waals surface area contributed by atoms with Crippen molar-refractivity contribution in [3.05, 3.63) is 47.0 Å². The largest absolute Gasteiger partial charge is 0.378 e. The molecule has 3 rings (SSSR count). The maximum Gasteiger partial charge on any atom is 0.353 e. The molecule has 0 unspecified atom stereocenters. The molecule has 0 amide bonds. The molecule has 2 aromatic heterocycles. The van der Waals surface area contributed by atoms with E-state index in [1.165, 1.54) is 17.2 Å². The minimum absolute atomic E-state index is 0.103. The first-order chi connectivity index (χ1) is 9.18. The number of fused-ring (bicyclic) bond motifs is 1. The summed E-state index contributed by atoms with van der Waals surface area (Å²) in [6, 6.07) is 7.26. The van der Waals surface area contributed by atoms with Crippen LogP contribution in [0.15, 0.2) is 36.9 Å². The van der Waals surface area contributed by atoms with E-state index in [1.54, 1.807) is 6.07 Å². The summed E-state index contributed by atoms with van der Waals surface area (Å²) in [7, 11) is 0. The highest BCUT2D eigenvalue weighted by Gasteiger charge is 2.23. The van der Waals surface area contributed by atoms with E-state index in [9.17, 15) is 10.1 Å². The summed E-state index contributed by atoms with van der Waals surface area (Å²) < 4.78 is 1.52. The van der Waals surface area contributed by atoms with E-state index in [0.717, 1.165) is 0 Å². The lowest BCUT2D eigenvalue weighted by molar-refractivity contribution is -0.384. The molecule has 0 aliphatic rings. The molecule has 0 saturated carbocycles. The minimum Gasteiger partial charge on any atom is -0.378 e. The van der Waals surface area contributed by atoms with Crippen molar-refractivity contribution in [2.75, 3.05) is 5.73 Å². The number of nitro groups is 1. The number of nitrogen functional groups attached to an aromatic ring is 1. The average Bonchev–Trinajstić information content (AvgIpc) is 2.81. The van der Waals surface area contributed by atoms with Crippen LogP contribution in [0.25, 0.3) is 16.9 Å². The lowest BCUT2D eigenvalue weighted by atomic mass is 10.3. The van der Waals surface area contributed by atoms with Gasteiger partial charge in [-0.2, -0.15) is 0 Å². The fraction of sp³-hybridized carbons (Fsp3) is 0. The first-order valence-corrected chi connectivity index (χ1v) is 5.36. The number of nitrogens with zero attached hydrogens (tertiary/aromatic N) is 5. The number of imidazole rings is 1. The number of rotatable bonds is 2. The SMILES string of the molecule is Nc1ncnc(-n2cnc3ccccc32)c1[N+](=O)[O-]. The van der Waals surface area contributed by atoms with Gasteiger partial charge in [-0.25, -0.2) is 15.0 Å². The van der Waals surface area contributed by atoms with Crippen LogP contribution in [0.4, 0.5) is 11.5 Å². The number of benzene rings is 1. The summed E-state index contributed by atoms with van der Waals surface area (Å²) in [5.74, 6) is -0.0704. The molecule has 19 heavy (non-hydrogen) atoms. The quantitative estimate of drug-likeness (QED) is 0.546. The Kier molecular flexibility index (Phi) is 2.34. The highest BCUT2D eigenvalue weighted by atomic mass is 16.6. The first kappa shape index (κ1) is 11.1. The number of hydrogen-bond donors (Lipinski definition) is 1. The third-order valence-corrected chi connectivity index (χ3v) is 2.70. The second kappa shape index (κ2) is 4.02. The average molecular weight is 256 g/mol. The molecule has 3 aromatic rings. The van der Waals surface area contributed by atoms with E-state index in [4.69, 9.17) is 5.73 Å². The van der Waals surface area contributed by atoms with Crippen LogP contribution in [-0.4, -0.2) is 24.4 Å². The van der Waals surface area contributed by atoms with E-state index in [2.05, 4.69) is 15.0 Å². The van der Waals surface area contributed by atoms with Gasteiger partial charge in [0.15, 0.2) is 0 Å². The summed E-state index contributed by atoms with van der Waals surface area (Å²) in [6.45, 7) is 0. The van der Waals surface area contributed by atoms with Gasteiger partial charge < -0.3 is 5.73 Å². The van der Waals surface area contributed by atoms with E-state index in [-0.39, 0.29) is 17.3 Å². The van der Waals surface area contributed by atoms with Gasteiger partial charge in [-0.05, 0) is 12.1 Å². The standard InChI is InChI=1S/C11H8N6O2/c12-10-9(17(18)19)11(14-5-13-10)16-6-15-7-3-1-2-4-8(7)16/h1-6H,(H2,12,13,14). The number of hydrogen-bond acceptors (Lipinski definition) is 6. The van der Waals surface area contributed by atoms with Gasteiger partial charge in [0.2, 0.25) is 11.6 Å². The van der Waals surface area contributed by atoms with Crippen molar-refractivity contribution in [2.45, 2.75) is 0 Å². The Labute approximate surface area is 106 Å². The van der Waals surface area contributed by atoms with Crippen LogP contribution in [-0.2, 0) is 0 Å². The smallest absolute Gasteiger partial charge is 0.353 e. The van der Waals surface area contributed by atoms with Crippen molar-refractivity contribution >= 4 is 22.5 Å². The number of anilines is 1. The van der Waals surface area contributed by atoms with Gasteiger partial charge in [0.05, 0.1) is 16.0 Å². The topological polar surface area (TPSA) is 113 Å². The summed E-state index contributed by atoms with van der Waals surface area (Å²) >= 11 is 0. The molecule has 2 heterocycles. The van der Waals surface area contributed by atoms with Gasteiger partial charge in [-0.1, -0.05) is 12.1 Å². The Morgan fingerprint density at radius 3 is 2.79 bits per heavy atom. The van der Waals surface area contributed by atoms with Gasteiger partial charge in [-0.3, -0.25) is 14.7 Å². The van der Waals surface area contributed by atoms with Gasteiger partial charge in [0.1, 0.15) is 12.7 Å². The van der Waals surface area contributed by atoms with Crippen LogP contribution in [0.2, 0.25) is 0 Å². The summed E-state index contributed by atoms with van der Waals surface area (Å²) in [5, 5.41) is 11.1. The normalized spacial score (nSPS) is 10.7. The molecule has 1 aromatic carbocycles. The van der Waals surface area contributed by atoms with Crippen LogP contribution in [0.1, 0.15) is 0 Å². The van der Waals surface area contributed by atoms with Crippen molar-refractivity contribution in [1.29, 1.82) is 0 Å². The van der Waals surface area contributed by atoms with E-state index in [0.29, 0.717) is 11.0 Å². The Morgan fingerprint density at radius 2 is 2.00 bits per heavy atom. The summed E-state index contributed by atoms with van der Waals surface area (Å²) in [5.41, 5.74) is 6.65. The Hall–Kier alpha value is -3.03. The predicted molar refractivity (Wildman–Crippen MR) is 67.7 cm³/mol. The molecule has 94 valence electrons. The Balaban J connectivity index is 2.33. The molecule has 2 N–H and O–H groups in total. The zero-order valence-corrected chi connectivity index (χ0v) is 9.59.